The first kappa shape index (κ1) is 15.7. The zero-order valence-electron chi connectivity index (χ0n) is 12.1. The first-order valence-electron chi connectivity index (χ1n) is 6.65. The number of methoxy groups -OCH3 is 1. The summed E-state index contributed by atoms with van der Waals surface area (Å²) in [6, 6.07) is 7.28. The van der Waals surface area contributed by atoms with Gasteiger partial charge in [-0.05, 0) is 17.7 Å². The summed E-state index contributed by atoms with van der Waals surface area (Å²) in [4.78, 5) is 0. The summed E-state index contributed by atoms with van der Waals surface area (Å²) < 4.78 is 10.6. The number of rotatable bonds is 3. The number of allylic oxidation sites excluding steroid dienone is 1. The molecule has 1 aromatic heterocycles. The van der Waals surface area contributed by atoms with Crippen molar-refractivity contribution in [3.63, 3.8) is 0 Å². The Morgan fingerprint density at radius 1 is 1.43 bits per heavy atom. The molecule has 0 bridgehead atoms. The Labute approximate surface area is 142 Å². The van der Waals surface area contributed by atoms with Gasteiger partial charge in [-0.2, -0.15) is 5.26 Å². The molecule has 0 radical (unpaired) electrons. The van der Waals surface area contributed by atoms with Crippen LogP contribution in [0.1, 0.15) is 22.7 Å². The molecule has 23 heavy (non-hydrogen) atoms. The van der Waals surface area contributed by atoms with Crippen molar-refractivity contribution in [2.45, 2.75) is 12.5 Å². The molecule has 0 aliphatic carbocycles. The first-order chi connectivity index (χ1) is 11.1. The lowest BCUT2D eigenvalue weighted by molar-refractivity contribution is 0.180. The van der Waals surface area contributed by atoms with Crippen LogP contribution in [-0.2, 0) is 11.3 Å². The average Bonchev–Trinajstić information content (AvgIpc) is 2.91. The van der Waals surface area contributed by atoms with Gasteiger partial charge in [0.1, 0.15) is 11.6 Å². The molecule has 8 heteroatoms. The molecule has 0 amide bonds. The number of halogens is 2. The van der Waals surface area contributed by atoms with Crippen LogP contribution in [0.25, 0.3) is 0 Å². The Bertz CT molecular complexity index is 838. The van der Waals surface area contributed by atoms with Crippen molar-refractivity contribution >= 4 is 23.2 Å². The number of nitrogens with two attached hydrogens (primary N) is 1. The Morgan fingerprint density at radius 2 is 2.22 bits per heavy atom. The first-order valence-corrected chi connectivity index (χ1v) is 7.41. The van der Waals surface area contributed by atoms with Gasteiger partial charge in [0.15, 0.2) is 0 Å². The smallest absolute Gasteiger partial charge is 0.244 e. The minimum absolute atomic E-state index is 0.0199. The van der Waals surface area contributed by atoms with Crippen molar-refractivity contribution < 1.29 is 9.47 Å². The number of hydrogen-bond donors (Lipinski definition) is 2. The van der Waals surface area contributed by atoms with Crippen LogP contribution in [0.3, 0.4) is 0 Å². The molecule has 118 valence electrons. The van der Waals surface area contributed by atoms with E-state index in [-0.39, 0.29) is 11.5 Å². The number of nitrogens with zero attached hydrogens (tertiary/aromatic N) is 2. The Hall–Kier alpha value is -2.20. The lowest BCUT2D eigenvalue weighted by Crippen LogP contribution is -2.21. The molecule has 0 saturated heterocycles. The molecule has 0 spiro atoms. The number of H-pyrrole nitrogens is 1. The molecular formula is C15H12Cl2N4O2. The summed E-state index contributed by atoms with van der Waals surface area (Å²) in [5.74, 6) is -0.112. The average molecular weight is 351 g/mol. The van der Waals surface area contributed by atoms with E-state index in [1.165, 1.54) is 0 Å². The van der Waals surface area contributed by atoms with Gasteiger partial charge in [-0.1, -0.05) is 29.3 Å². The van der Waals surface area contributed by atoms with Crippen LogP contribution < -0.4 is 10.5 Å². The number of nitriles is 1. The Morgan fingerprint density at radius 3 is 2.87 bits per heavy atom. The number of benzene rings is 1. The van der Waals surface area contributed by atoms with Crippen molar-refractivity contribution in [3.05, 3.63) is 56.5 Å². The maximum atomic E-state index is 9.51. The van der Waals surface area contributed by atoms with Crippen molar-refractivity contribution in [3.8, 4) is 11.9 Å². The lowest BCUT2D eigenvalue weighted by Gasteiger charge is -2.24. The van der Waals surface area contributed by atoms with E-state index in [0.717, 1.165) is 5.56 Å². The molecule has 1 atom stereocenters. The summed E-state index contributed by atoms with van der Waals surface area (Å²) in [6.45, 7) is 0.294. The molecule has 6 nitrogen and oxygen atoms in total. The van der Waals surface area contributed by atoms with Crippen LogP contribution in [0.5, 0.6) is 5.88 Å². The van der Waals surface area contributed by atoms with E-state index in [1.54, 1.807) is 25.3 Å². The third kappa shape index (κ3) is 2.63. The van der Waals surface area contributed by atoms with Crippen LogP contribution in [0, 0.1) is 11.3 Å². The molecule has 1 aliphatic rings. The normalized spacial score (nSPS) is 16.7. The van der Waals surface area contributed by atoms with Crippen molar-refractivity contribution in [1.82, 2.24) is 10.2 Å². The van der Waals surface area contributed by atoms with Gasteiger partial charge >= 0.3 is 0 Å². The second-order valence-corrected chi connectivity index (χ2v) is 5.77. The molecule has 0 saturated carbocycles. The second kappa shape index (κ2) is 6.13. The maximum absolute atomic E-state index is 9.51. The SMILES string of the molecule is COCc1[nH]nc2c1C(c1ccc(Cl)c(Cl)c1)C(C#N)=C(N)O2. The molecule has 2 aromatic rings. The van der Waals surface area contributed by atoms with Crippen molar-refractivity contribution in [2.75, 3.05) is 7.11 Å². The minimum Gasteiger partial charge on any atom is -0.420 e. The molecule has 1 aliphatic heterocycles. The third-order valence-corrected chi connectivity index (χ3v) is 4.32. The molecule has 3 rings (SSSR count). The summed E-state index contributed by atoms with van der Waals surface area (Å²) in [7, 11) is 1.57. The number of aromatic amines is 1. The van der Waals surface area contributed by atoms with Crippen molar-refractivity contribution in [2.24, 2.45) is 5.73 Å². The summed E-state index contributed by atoms with van der Waals surface area (Å²) in [6.07, 6.45) is 0. The van der Waals surface area contributed by atoms with Gasteiger partial charge < -0.3 is 15.2 Å². The second-order valence-electron chi connectivity index (χ2n) is 4.95. The Kier molecular flexibility index (Phi) is 4.18. The standard InChI is InChI=1S/C15H12Cl2N4O2/c1-22-6-11-13-12(7-2-3-9(16)10(17)4-7)8(5-18)14(19)23-15(13)21-20-11/h2-4,12H,6,19H2,1H3,(H,20,21). The van der Waals surface area contributed by atoms with Gasteiger partial charge in [-0.3, -0.25) is 5.10 Å². The number of ether oxygens (including phenoxy) is 2. The predicted molar refractivity (Wildman–Crippen MR) is 85.1 cm³/mol. The Balaban J connectivity index is 2.21. The van der Waals surface area contributed by atoms with E-state index < -0.39 is 5.92 Å². The summed E-state index contributed by atoms with van der Waals surface area (Å²) >= 11 is 12.1. The zero-order valence-corrected chi connectivity index (χ0v) is 13.6. The number of nitrogens with one attached hydrogen (secondary N) is 1. The van der Waals surface area contributed by atoms with E-state index in [2.05, 4.69) is 16.3 Å². The molecular weight excluding hydrogens is 339 g/mol. The monoisotopic (exact) mass is 350 g/mol. The minimum atomic E-state index is -0.456. The van der Waals surface area contributed by atoms with Crippen LogP contribution in [-0.4, -0.2) is 17.3 Å². The predicted octanol–water partition coefficient (Wildman–Crippen LogP) is 3.08. The third-order valence-electron chi connectivity index (χ3n) is 3.58. The van der Waals surface area contributed by atoms with E-state index in [4.69, 9.17) is 38.4 Å². The number of aromatic nitrogens is 2. The lowest BCUT2D eigenvalue weighted by atomic mass is 9.84. The fourth-order valence-corrected chi connectivity index (χ4v) is 2.89. The van der Waals surface area contributed by atoms with E-state index in [1.807, 2.05) is 0 Å². The van der Waals surface area contributed by atoms with Gasteiger partial charge in [-0.25, -0.2) is 0 Å². The maximum Gasteiger partial charge on any atom is 0.244 e. The van der Waals surface area contributed by atoms with Crippen LogP contribution in [0.4, 0.5) is 0 Å². The summed E-state index contributed by atoms with van der Waals surface area (Å²) in [5.41, 5.74) is 8.34. The van der Waals surface area contributed by atoms with Crippen LogP contribution in [0.2, 0.25) is 10.0 Å². The number of hydrogen-bond acceptors (Lipinski definition) is 5. The fourth-order valence-electron chi connectivity index (χ4n) is 2.59. The van der Waals surface area contributed by atoms with Gasteiger partial charge in [-0.15, -0.1) is 5.10 Å². The topological polar surface area (TPSA) is 97.0 Å². The van der Waals surface area contributed by atoms with Crippen LogP contribution in [0.15, 0.2) is 29.7 Å². The van der Waals surface area contributed by atoms with E-state index in [0.29, 0.717) is 33.8 Å². The van der Waals surface area contributed by atoms with Gasteiger partial charge in [0.2, 0.25) is 11.8 Å². The zero-order chi connectivity index (χ0) is 16.6. The molecule has 3 N–H and O–H groups in total. The highest BCUT2D eigenvalue weighted by molar-refractivity contribution is 6.42. The highest BCUT2D eigenvalue weighted by Gasteiger charge is 2.35. The van der Waals surface area contributed by atoms with Crippen LogP contribution >= 0.6 is 23.2 Å². The fraction of sp³-hybridized carbons (Fsp3) is 0.200. The quantitative estimate of drug-likeness (QED) is 0.886. The summed E-state index contributed by atoms with van der Waals surface area (Å²) in [5, 5.41) is 17.3. The molecule has 1 unspecified atom stereocenters. The van der Waals surface area contributed by atoms with Gasteiger partial charge in [0.25, 0.3) is 0 Å². The molecule has 0 fully saturated rings. The highest BCUT2D eigenvalue weighted by atomic mass is 35.5. The van der Waals surface area contributed by atoms with Crippen molar-refractivity contribution in [1.29, 1.82) is 5.26 Å². The molecule has 1 aromatic carbocycles. The van der Waals surface area contributed by atoms with Gasteiger partial charge in [0, 0.05) is 7.11 Å². The van der Waals surface area contributed by atoms with E-state index >= 15 is 0 Å². The highest BCUT2D eigenvalue weighted by Crippen LogP contribution is 2.43. The van der Waals surface area contributed by atoms with E-state index in [9.17, 15) is 5.26 Å². The molecule has 2 heterocycles. The largest absolute Gasteiger partial charge is 0.420 e. The number of fused-ring (bicyclic) bond motifs is 1. The van der Waals surface area contributed by atoms with Gasteiger partial charge in [0.05, 0.1) is 33.8 Å².